The molecule has 0 bridgehead atoms. The Balaban J connectivity index is 1.52. The smallest absolute Gasteiger partial charge is 0.338 e. The third-order valence-corrected chi connectivity index (χ3v) is 8.44. The van der Waals surface area contributed by atoms with Gasteiger partial charge in [0, 0.05) is 11.8 Å². The molecule has 0 heterocycles. The second-order valence-corrected chi connectivity index (χ2v) is 10.7. The van der Waals surface area contributed by atoms with Crippen LogP contribution in [0.4, 0.5) is 0 Å². The Bertz CT molecular complexity index is 1410. The van der Waals surface area contributed by atoms with E-state index in [4.69, 9.17) is 16.2 Å². The molecule has 5 N–H and O–H groups in total. The summed E-state index contributed by atoms with van der Waals surface area (Å²) in [7, 11) is 0. The molecule has 0 fully saturated rings. The van der Waals surface area contributed by atoms with E-state index in [0.29, 0.717) is 19.4 Å². The third-order valence-electron chi connectivity index (χ3n) is 8.44. The van der Waals surface area contributed by atoms with Crippen LogP contribution in [0.15, 0.2) is 97.1 Å². The second-order valence-electron chi connectivity index (χ2n) is 10.7. The van der Waals surface area contributed by atoms with Crippen molar-refractivity contribution in [3.05, 3.63) is 119 Å². The molecule has 202 valence electrons. The van der Waals surface area contributed by atoms with Crippen LogP contribution in [0, 0.1) is 0 Å². The average molecular weight is 533 g/mol. The summed E-state index contributed by atoms with van der Waals surface area (Å²) in [4.78, 5) is 26.3. The van der Waals surface area contributed by atoms with E-state index in [9.17, 15) is 14.7 Å². The molecule has 0 aromatic heterocycles. The Kier molecular flexibility index (Phi) is 6.74. The van der Waals surface area contributed by atoms with Gasteiger partial charge >= 0.3 is 11.9 Å². The fourth-order valence-corrected chi connectivity index (χ4v) is 6.50. The number of aliphatic carboxylic acids is 1. The number of unbranched alkanes of at least 4 members (excludes halogenated alkanes) is 1. The highest BCUT2D eigenvalue weighted by Crippen LogP contribution is 2.55. The van der Waals surface area contributed by atoms with E-state index in [1.807, 2.05) is 48.5 Å². The molecule has 0 aliphatic heterocycles. The van der Waals surface area contributed by atoms with Gasteiger partial charge in [-0.1, -0.05) is 97.1 Å². The summed E-state index contributed by atoms with van der Waals surface area (Å²) in [5.74, 6) is -2.95. The first-order valence-corrected chi connectivity index (χ1v) is 13.8. The standard InChI is InChI=1S/C34H32N2O4/c35-20-10-9-19-34(36,32(37)38)33(39)40-31(29-25-15-5-1-11-21(25)22-12-2-6-16-26(22)29)30-27-17-7-3-13-23(27)24-14-4-8-18-28(24)30/h1-8,11-18,29-31H,9-10,19-20,35-36H2,(H,37,38). The number of benzene rings is 4. The predicted octanol–water partition coefficient (Wildman–Crippen LogP) is 5.43. The van der Waals surface area contributed by atoms with Crippen molar-refractivity contribution in [1.29, 1.82) is 0 Å². The topological polar surface area (TPSA) is 116 Å². The van der Waals surface area contributed by atoms with Crippen molar-refractivity contribution < 1.29 is 19.4 Å². The van der Waals surface area contributed by atoms with E-state index >= 15 is 0 Å². The maximum absolute atomic E-state index is 13.9. The number of carbonyl (C=O) groups is 2. The lowest BCUT2D eigenvalue weighted by molar-refractivity contribution is -0.166. The minimum Gasteiger partial charge on any atom is -0.479 e. The van der Waals surface area contributed by atoms with Crippen molar-refractivity contribution in [2.45, 2.75) is 42.7 Å². The van der Waals surface area contributed by atoms with Crippen molar-refractivity contribution in [3.63, 3.8) is 0 Å². The average Bonchev–Trinajstić information content (AvgIpc) is 3.49. The Labute approximate surface area is 233 Å². The summed E-state index contributed by atoms with van der Waals surface area (Å²) >= 11 is 0. The molecule has 6 rings (SSSR count). The summed E-state index contributed by atoms with van der Waals surface area (Å²) in [6.45, 7) is 0.388. The summed E-state index contributed by atoms with van der Waals surface area (Å²) in [5, 5.41) is 10.1. The normalized spacial score (nSPS) is 15.2. The lowest BCUT2D eigenvalue weighted by atomic mass is 9.79. The Morgan fingerprint density at radius 1 is 0.700 bits per heavy atom. The van der Waals surface area contributed by atoms with Gasteiger partial charge in [0.1, 0.15) is 6.10 Å². The van der Waals surface area contributed by atoms with Crippen molar-refractivity contribution in [3.8, 4) is 22.3 Å². The van der Waals surface area contributed by atoms with Gasteiger partial charge in [0.25, 0.3) is 0 Å². The lowest BCUT2D eigenvalue weighted by Gasteiger charge is -2.34. The molecule has 0 saturated carbocycles. The van der Waals surface area contributed by atoms with E-state index in [1.165, 1.54) is 0 Å². The summed E-state index contributed by atoms with van der Waals surface area (Å²) in [6, 6.07) is 32.6. The van der Waals surface area contributed by atoms with Gasteiger partial charge in [-0.3, -0.25) is 0 Å². The van der Waals surface area contributed by atoms with Crippen molar-refractivity contribution in [2.75, 3.05) is 6.54 Å². The van der Waals surface area contributed by atoms with Crippen LogP contribution in [-0.2, 0) is 14.3 Å². The second kappa shape index (κ2) is 10.4. The van der Waals surface area contributed by atoms with Crippen molar-refractivity contribution >= 4 is 11.9 Å². The summed E-state index contributed by atoms with van der Waals surface area (Å²) in [6.07, 6.45) is 0.179. The first-order chi connectivity index (χ1) is 19.5. The van der Waals surface area contributed by atoms with Crippen LogP contribution in [0.2, 0.25) is 0 Å². The van der Waals surface area contributed by atoms with Crippen LogP contribution in [0.25, 0.3) is 22.3 Å². The molecule has 0 saturated heterocycles. The Hall–Kier alpha value is -4.26. The lowest BCUT2D eigenvalue weighted by Crippen LogP contribution is -2.57. The number of carboxylic acid groups (broad SMARTS) is 1. The first kappa shape index (κ1) is 26.0. The largest absolute Gasteiger partial charge is 0.479 e. The zero-order chi connectivity index (χ0) is 27.9. The molecule has 4 aromatic carbocycles. The molecule has 1 atom stereocenters. The zero-order valence-corrected chi connectivity index (χ0v) is 22.1. The van der Waals surface area contributed by atoms with Gasteiger partial charge in [0.2, 0.25) is 5.54 Å². The van der Waals surface area contributed by atoms with Crippen LogP contribution in [0.5, 0.6) is 0 Å². The molecule has 40 heavy (non-hydrogen) atoms. The van der Waals surface area contributed by atoms with Gasteiger partial charge in [-0.25, -0.2) is 9.59 Å². The number of carboxylic acids is 1. The maximum atomic E-state index is 13.9. The number of esters is 1. The van der Waals surface area contributed by atoms with Gasteiger partial charge in [0.15, 0.2) is 0 Å². The van der Waals surface area contributed by atoms with Crippen LogP contribution in [0.3, 0.4) is 0 Å². The third kappa shape index (κ3) is 4.12. The Morgan fingerprint density at radius 3 is 1.43 bits per heavy atom. The molecule has 6 heteroatoms. The Morgan fingerprint density at radius 2 is 1.07 bits per heavy atom. The number of nitrogens with two attached hydrogens (primary N) is 2. The van der Waals surface area contributed by atoms with Crippen LogP contribution in [-0.4, -0.2) is 35.2 Å². The van der Waals surface area contributed by atoms with Crippen LogP contribution < -0.4 is 11.5 Å². The van der Waals surface area contributed by atoms with E-state index in [-0.39, 0.29) is 18.3 Å². The minimum atomic E-state index is -2.18. The molecule has 2 aliphatic carbocycles. The zero-order valence-electron chi connectivity index (χ0n) is 22.1. The van der Waals surface area contributed by atoms with Gasteiger partial charge in [-0.2, -0.15) is 0 Å². The fraction of sp³-hybridized carbons (Fsp3) is 0.235. The molecule has 0 amide bonds. The minimum absolute atomic E-state index is 0.0548. The van der Waals surface area contributed by atoms with E-state index in [2.05, 4.69) is 48.5 Å². The molecule has 0 spiro atoms. The highest BCUT2D eigenvalue weighted by Gasteiger charge is 2.50. The van der Waals surface area contributed by atoms with Gasteiger partial charge in [-0.05, 0) is 70.3 Å². The van der Waals surface area contributed by atoms with Gasteiger partial charge in [-0.15, -0.1) is 0 Å². The highest BCUT2D eigenvalue weighted by molar-refractivity contribution is 6.04. The number of ether oxygens (including phenoxy) is 1. The number of hydrogen-bond acceptors (Lipinski definition) is 5. The van der Waals surface area contributed by atoms with E-state index in [0.717, 1.165) is 44.5 Å². The molecule has 2 aliphatic rings. The fourth-order valence-electron chi connectivity index (χ4n) is 6.50. The van der Waals surface area contributed by atoms with Crippen molar-refractivity contribution in [1.82, 2.24) is 0 Å². The monoisotopic (exact) mass is 532 g/mol. The molecule has 4 aromatic rings. The van der Waals surface area contributed by atoms with E-state index in [1.54, 1.807) is 0 Å². The summed E-state index contributed by atoms with van der Waals surface area (Å²) in [5.41, 5.74) is 18.3. The molecule has 1 unspecified atom stereocenters. The summed E-state index contributed by atoms with van der Waals surface area (Å²) < 4.78 is 6.43. The number of rotatable bonds is 9. The quantitative estimate of drug-likeness (QED) is 0.150. The maximum Gasteiger partial charge on any atom is 0.338 e. The number of carbonyl (C=O) groups excluding carboxylic acids is 1. The van der Waals surface area contributed by atoms with Crippen LogP contribution >= 0.6 is 0 Å². The first-order valence-electron chi connectivity index (χ1n) is 13.8. The van der Waals surface area contributed by atoms with Crippen LogP contribution in [0.1, 0.15) is 53.4 Å². The van der Waals surface area contributed by atoms with Gasteiger partial charge < -0.3 is 21.3 Å². The molecular weight excluding hydrogens is 500 g/mol. The van der Waals surface area contributed by atoms with Gasteiger partial charge in [0.05, 0.1) is 0 Å². The number of hydrogen-bond donors (Lipinski definition) is 3. The SMILES string of the molecule is NCCCCC(N)(C(=O)O)C(=O)OC(C1c2ccccc2-c2ccccc21)C1c2ccccc2-c2ccccc21. The molecule has 6 nitrogen and oxygen atoms in total. The molecule has 0 radical (unpaired) electrons. The van der Waals surface area contributed by atoms with Crippen molar-refractivity contribution in [2.24, 2.45) is 11.5 Å². The highest BCUT2D eigenvalue weighted by atomic mass is 16.5. The molecular formula is C34H32N2O4. The van der Waals surface area contributed by atoms with E-state index < -0.39 is 23.6 Å². The predicted molar refractivity (Wildman–Crippen MR) is 155 cm³/mol. The number of fused-ring (bicyclic) bond motifs is 6.